The summed E-state index contributed by atoms with van der Waals surface area (Å²) in [6, 6.07) is 16.3. The van der Waals surface area contributed by atoms with Gasteiger partial charge in [0.15, 0.2) is 0 Å². The van der Waals surface area contributed by atoms with Gasteiger partial charge in [-0.1, -0.05) is 62.1 Å². The van der Waals surface area contributed by atoms with Gasteiger partial charge >= 0.3 is 0 Å². The molecule has 2 aromatic rings. The number of rotatable bonds is 4. The van der Waals surface area contributed by atoms with E-state index in [1.807, 2.05) is 24.3 Å². The van der Waals surface area contributed by atoms with E-state index in [9.17, 15) is 0 Å². The van der Waals surface area contributed by atoms with Crippen LogP contribution in [0.25, 0.3) is 0 Å². The Balaban J connectivity index is 2.06. The highest BCUT2D eigenvalue weighted by molar-refractivity contribution is 6.19. The summed E-state index contributed by atoms with van der Waals surface area (Å²) in [5, 5.41) is 0. The van der Waals surface area contributed by atoms with Gasteiger partial charge < -0.3 is 4.74 Å². The SMILES string of the molecule is CC(C)c1ccc(COc2ccccc2C#CCCl)cc1. The van der Waals surface area contributed by atoms with Gasteiger partial charge in [-0.25, -0.2) is 0 Å². The number of benzene rings is 2. The van der Waals surface area contributed by atoms with Gasteiger partial charge in [0.2, 0.25) is 0 Å². The summed E-state index contributed by atoms with van der Waals surface area (Å²) >= 11 is 5.60. The van der Waals surface area contributed by atoms with Crippen molar-refractivity contribution in [3.63, 3.8) is 0 Å². The molecule has 21 heavy (non-hydrogen) atoms. The van der Waals surface area contributed by atoms with Crippen molar-refractivity contribution in [2.75, 3.05) is 5.88 Å². The molecule has 108 valence electrons. The van der Waals surface area contributed by atoms with Crippen LogP contribution in [0.5, 0.6) is 5.75 Å². The summed E-state index contributed by atoms with van der Waals surface area (Å²) in [6.07, 6.45) is 0. The van der Waals surface area contributed by atoms with Crippen LogP contribution >= 0.6 is 11.6 Å². The van der Waals surface area contributed by atoms with E-state index in [0.29, 0.717) is 18.4 Å². The number of hydrogen-bond acceptors (Lipinski definition) is 1. The van der Waals surface area contributed by atoms with Crippen molar-refractivity contribution in [1.82, 2.24) is 0 Å². The molecular formula is C19H19ClO. The summed E-state index contributed by atoms with van der Waals surface area (Å²) in [5.74, 6) is 7.54. The molecule has 0 aliphatic heterocycles. The minimum atomic E-state index is 0.324. The summed E-state index contributed by atoms with van der Waals surface area (Å²) < 4.78 is 5.88. The maximum atomic E-state index is 5.88. The topological polar surface area (TPSA) is 9.23 Å². The fourth-order valence-electron chi connectivity index (χ4n) is 1.98. The molecule has 2 rings (SSSR count). The zero-order chi connectivity index (χ0) is 15.1. The van der Waals surface area contributed by atoms with Crippen molar-refractivity contribution in [3.8, 4) is 17.6 Å². The van der Waals surface area contributed by atoms with E-state index in [4.69, 9.17) is 16.3 Å². The summed E-state index contributed by atoms with van der Waals surface area (Å²) in [7, 11) is 0. The van der Waals surface area contributed by atoms with Crippen molar-refractivity contribution in [2.45, 2.75) is 26.4 Å². The summed E-state index contributed by atoms with van der Waals surface area (Å²) in [6.45, 7) is 4.92. The minimum Gasteiger partial charge on any atom is -0.488 e. The average molecular weight is 299 g/mol. The summed E-state index contributed by atoms with van der Waals surface area (Å²) in [4.78, 5) is 0. The van der Waals surface area contributed by atoms with Crippen LogP contribution in [0.3, 0.4) is 0 Å². The van der Waals surface area contributed by atoms with Gasteiger partial charge in [-0.2, -0.15) is 0 Å². The van der Waals surface area contributed by atoms with Gasteiger partial charge in [-0.05, 0) is 29.2 Å². The second kappa shape index (κ2) is 7.76. The van der Waals surface area contributed by atoms with E-state index >= 15 is 0 Å². The maximum Gasteiger partial charge on any atom is 0.135 e. The number of ether oxygens (including phenoxy) is 1. The smallest absolute Gasteiger partial charge is 0.135 e. The average Bonchev–Trinajstić information content (AvgIpc) is 2.52. The van der Waals surface area contributed by atoms with Crippen LogP contribution in [0.1, 0.15) is 36.5 Å². The third-order valence-corrected chi connectivity index (χ3v) is 3.35. The molecule has 0 spiro atoms. The van der Waals surface area contributed by atoms with Crippen LogP contribution in [-0.2, 0) is 6.61 Å². The van der Waals surface area contributed by atoms with E-state index in [2.05, 4.69) is 50.0 Å². The second-order valence-corrected chi connectivity index (χ2v) is 5.38. The molecule has 0 amide bonds. The van der Waals surface area contributed by atoms with Crippen LogP contribution in [-0.4, -0.2) is 5.88 Å². The first-order chi connectivity index (χ1) is 10.2. The molecule has 0 atom stereocenters. The van der Waals surface area contributed by atoms with Gasteiger partial charge in [-0.15, -0.1) is 11.6 Å². The highest BCUT2D eigenvalue weighted by Crippen LogP contribution is 2.19. The molecule has 0 bridgehead atoms. The van der Waals surface area contributed by atoms with Crippen molar-refractivity contribution in [2.24, 2.45) is 0 Å². The van der Waals surface area contributed by atoms with Gasteiger partial charge in [0.1, 0.15) is 12.4 Å². The number of alkyl halides is 1. The van der Waals surface area contributed by atoms with E-state index in [1.165, 1.54) is 5.56 Å². The Hall–Kier alpha value is -1.91. The molecular weight excluding hydrogens is 280 g/mol. The number of hydrogen-bond donors (Lipinski definition) is 0. The third-order valence-electron chi connectivity index (χ3n) is 3.22. The third kappa shape index (κ3) is 4.55. The van der Waals surface area contributed by atoms with Crippen LogP contribution < -0.4 is 4.74 Å². The van der Waals surface area contributed by atoms with E-state index in [1.54, 1.807) is 0 Å². The predicted octanol–water partition coefficient (Wildman–Crippen LogP) is 4.98. The van der Waals surface area contributed by atoms with Crippen LogP contribution in [0.4, 0.5) is 0 Å². The standard InChI is InChI=1S/C19H19ClO/c1-15(2)17-11-9-16(10-12-17)14-21-19-8-4-3-6-18(19)7-5-13-20/h3-4,6,8-12,15H,13-14H2,1-2H3. The molecule has 0 aliphatic rings. The number of para-hydroxylation sites is 1. The fraction of sp³-hybridized carbons (Fsp3) is 0.263. The minimum absolute atomic E-state index is 0.324. The zero-order valence-corrected chi connectivity index (χ0v) is 13.2. The number of halogens is 1. The monoisotopic (exact) mass is 298 g/mol. The Morgan fingerprint density at radius 3 is 2.43 bits per heavy atom. The molecule has 0 radical (unpaired) electrons. The van der Waals surface area contributed by atoms with Crippen LogP contribution in [0, 0.1) is 11.8 Å². The quantitative estimate of drug-likeness (QED) is 0.571. The molecule has 0 aromatic heterocycles. The highest BCUT2D eigenvalue weighted by Gasteiger charge is 2.02. The van der Waals surface area contributed by atoms with Crippen molar-refractivity contribution in [1.29, 1.82) is 0 Å². The molecule has 0 fully saturated rings. The van der Waals surface area contributed by atoms with Crippen LogP contribution in [0.2, 0.25) is 0 Å². The summed E-state index contributed by atoms with van der Waals surface area (Å²) in [5.41, 5.74) is 3.36. The Bertz CT molecular complexity index is 633. The van der Waals surface area contributed by atoms with E-state index < -0.39 is 0 Å². The molecule has 0 saturated carbocycles. The van der Waals surface area contributed by atoms with Gasteiger partial charge in [0, 0.05) is 0 Å². The fourth-order valence-corrected chi connectivity index (χ4v) is 2.05. The lowest BCUT2D eigenvalue weighted by Crippen LogP contribution is -1.98. The molecule has 2 aromatic carbocycles. The Morgan fingerprint density at radius 1 is 1.05 bits per heavy atom. The lowest BCUT2D eigenvalue weighted by atomic mass is 10.0. The largest absolute Gasteiger partial charge is 0.488 e. The Kier molecular flexibility index (Phi) is 5.72. The Labute approximate surface area is 131 Å². The molecule has 0 N–H and O–H groups in total. The molecule has 0 unspecified atom stereocenters. The second-order valence-electron chi connectivity index (χ2n) is 5.12. The normalized spacial score (nSPS) is 10.1. The first-order valence-electron chi connectivity index (χ1n) is 7.06. The first kappa shape index (κ1) is 15.5. The van der Waals surface area contributed by atoms with E-state index in [-0.39, 0.29) is 0 Å². The van der Waals surface area contributed by atoms with Gasteiger partial charge in [0.25, 0.3) is 0 Å². The lowest BCUT2D eigenvalue weighted by molar-refractivity contribution is 0.305. The van der Waals surface area contributed by atoms with Crippen molar-refractivity contribution >= 4 is 11.6 Å². The maximum absolute atomic E-state index is 5.88. The Morgan fingerprint density at radius 2 is 1.76 bits per heavy atom. The predicted molar refractivity (Wildman–Crippen MR) is 88.9 cm³/mol. The lowest BCUT2D eigenvalue weighted by Gasteiger charge is -2.10. The zero-order valence-electron chi connectivity index (χ0n) is 12.4. The van der Waals surface area contributed by atoms with Gasteiger partial charge in [-0.3, -0.25) is 0 Å². The van der Waals surface area contributed by atoms with Gasteiger partial charge in [0.05, 0.1) is 11.4 Å². The molecule has 0 heterocycles. The van der Waals surface area contributed by atoms with Crippen molar-refractivity contribution < 1.29 is 4.74 Å². The molecule has 0 saturated heterocycles. The molecule has 1 nitrogen and oxygen atoms in total. The van der Waals surface area contributed by atoms with Crippen molar-refractivity contribution in [3.05, 3.63) is 65.2 Å². The molecule has 2 heteroatoms. The van der Waals surface area contributed by atoms with E-state index in [0.717, 1.165) is 16.9 Å². The molecule has 0 aliphatic carbocycles. The first-order valence-corrected chi connectivity index (χ1v) is 7.59. The highest BCUT2D eigenvalue weighted by atomic mass is 35.5. The van der Waals surface area contributed by atoms with Crippen LogP contribution in [0.15, 0.2) is 48.5 Å².